The molecular formula is C17H24N4O2. The number of methoxy groups -OCH3 is 1. The Hall–Kier alpha value is -2.50. The highest BCUT2D eigenvalue weighted by Gasteiger charge is 2.07. The molecule has 124 valence electrons. The van der Waals surface area contributed by atoms with Crippen molar-refractivity contribution in [3.63, 3.8) is 0 Å². The second kappa shape index (κ2) is 8.22. The quantitative estimate of drug-likeness (QED) is 0.633. The number of hydrogen-bond donors (Lipinski definition) is 2. The van der Waals surface area contributed by atoms with Gasteiger partial charge in [-0.15, -0.1) is 0 Å². The number of guanidine groups is 1. The van der Waals surface area contributed by atoms with Crippen LogP contribution >= 0.6 is 0 Å². The summed E-state index contributed by atoms with van der Waals surface area (Å²) in [5, 5.41) is 6.44. The van der Waals surface area contributed by atoms with Crippen molar-refractivity contribution in [1.29, 1.82) is 0 Å². The first-order valence-corrected chi connectivity index (χ1v) is 7.71. The molecule has 2 aromatic rings. The Morgan fingerprint density at radius 1 is 1.26 bits per heavy atom. The van der Waals surface area contributed by atoms with E-state index in [1.54, 1.807) is 7.11 Å². The van der Waals surface area contributed by atoms with E-state index >= 15 is 0 Å². The molecule has 2 N–H and O–H groups in total. The van der Waals surface area contributed by atoms with E-state index in [0.29, 0.717) is 24.9 Å². The fraction of sp³-hybridized carbons (Fsp3) is 0.412. The van der Waals surface area contributed by atoms with Gasteiger partial charge in [0.25, 0.3) is 0 Å². The number of oxazole rings is 1. The average Bonchev–Trinajstić information content (AvgIpc) is 2.88. The fourth-order valence-corrected chi connectivity index (χ4v) is 2.11. The van der Waals surface area contributed by atoms with E-state index in [9.17, 15) is 0 Å². The number of rotatable bonds is 6. The van der Waals surface area contributed by atoms with Gasteiger partial charge in [0.2, 0.25) is 5.89 Å². The van der Waals surface area contributed by atoms with Crippen LogP contribution in [0.25, 0.3) is 0 Å². The molecule has 0 unspecified atom stereocenters. The van der Waals surface area contributed by atoms with Crippen LogP contribution in [0.2, 0.25) is 0 Å². The summed E-state index contributed by atoms with van der Waals surface area (Å²) in [6, 6.07) is 7.87. The van der Waals surface area contributed by atoms with Crippen molar-refractivity contribution in [2.45, 2.75) is 33.9 Å². The second-order valence-corrected chi connectivity index (χ2v) is 5.11. The molecule has 0 aliphatic carbocycles. The lowest BCUT2D eigenvalue weighted by atomic mass is 10.2. The number of hydrogen-bond acceptors (Lipinski definition) is 4. The number of aliphatic imine (C=N–C) groups is 1. The summed E-state index contributed by atoms with van der Waals surface area (Å²) in [6.45, 7) is 7.67. The van der Waals surface area contributed by atoms with Crippen LogP contribution in [0.4, 0.5) is 0 Å². The van der Waals surface area contributed by atoms with Gasteiger partial charge in [-0.05, 0) is 26.8 Å². The van der Waals surface area contributed by atoms with Crippen LogP contribution in [0.5, 0.6) is 5.75 Å². The van der Waals surface area contributed by atoms with E-state index < -0.39 is 0 Å². The molecule has 0 amide bonds. The predicted octanol–water partition coefficient (Wildman–Crippen LogP) is 2.56. The zero-order valence-electron chi connectivity index (χ0n) is 14.1. The van der Waals surface area contributed by atoms with Gasteiger partial charge in [-0.2, -0.15) is 0 Å². The maximum absolute atomic E-state index is 5.57. The lowest BCUT2D eigenvalue weighted by Crippen LogP contribution is -2.36. The highest BCUT2D eigenvalue weighted by molar-refractivity contribution is 5.79. The number of nitrogens with zero attached hydrogens (tertiary/aromatic N) is 2. The molecule has 0 fully saturated rings. The third-order valence-electron chi connectivity index (χ3n) is 3.42. The number of nitrogens with one attached hydrogen (secondary N) is 2. The van der Waals surface area contributed by atoms with Crippen LogP contribution in [-0.4, -0.2) is 24.6 Å². The van der Waals surface area contributed by atoms with Crippen LogP contribution < -0.4 is 15.4 Å². The molecule has 0 atom stereocenters. The molecule has 0 bridgehead atoms. The zero-order chi connectivity index (χ0) is 16.7. The molecule has 1 heterocycles. The topological polar surface area (TPSA) is 71.7 Å². The Balaban J connectivity index is 2.02. The van der Waals surface area contributed by atoms with Gasteiger partial charge in [-0.1, -0.05) is 18.2 Å². The minimum absolute atomic E-state index is 0.492. The van der Waals surface area contributed by atoms with Gasteiger partial charge in [-0.25, -0.2) is 9.98 Å². The third kappa shape index (κ3) is 4.74. The predicted molar refractivity (Wildman–Crippen MR) is 90.6 cm³/mol. The van der Waals surface area contributed by atoms with Gasteiger partial charge < -0.3 is 19.8 Å². The summed E-state index contributed by atoms with van der Waals surface area (Å²) >= 11 is 0. The second-order valence-electron chi connectivity index (χ2n) is 5.11. The SMILES string of the molecule is CCNC(=NCc1ccccc1OC)NCc1nc(C)c(C)o1. The molecule has 23 heavy (non-hydrogen) atoms. The molecule has 1 aromatic heterocycles. The van der Waals surface area contributed by atoms with E-state index in [4.69, 9.17) is 9.15 Å². The van der Waals surface area contributed by atoms with E-state index in [-0.39, 0.29) is 0 Å². The first kappa shape index (κ1) is 16.9. The van der Waals surface area contributed by atoms with Gasteiger partial charge in [0.15, 0.2) is 5.96 Å². The van der Waals surface area contributed by atoms with Gasteiger partial charge in [0.05, 0.1) is 25.9 Å². The molecule has 0 aliphatic heterocycles. The molecular weight excluding hydrogens is 292 g/mol. The van der Waals surface area contributed by atoms with Crippen LogP contribution in [0.15, 0.2) is 33.7 Å². The first-order valence-electron chi connectivity index (χ1n) is 7.71. The van der Waals surface area contributed by atoms with Crippen LogP contribution in [0, 0.1) is 13.8 Å². The van der Waals surface area contributed by atoms with Gasteiger partial charge in [-0.3, -0.25) is 0 Å². The lowest BCUT2D eigenvalue weighted by molar-refractivity contribution is 0.410. The number of ether oxygens (including phenoxy) is 1. The van der Waals surface area contributed by atoms with Crippen LogP contribution in [-0.2, 0) is 13.1 Å². The Bertz CT molecular complexity index is 645. The number of para-hydroxylation sites is 1. The number of aromatic nitrogens is 1. The average molecular weight is 316 g/mol. The monoisotopic (exact) mass is 316 g/mol. The highest BCUT2D eigenvalue weighted by atomic mass is 16.5. The molecule has 0 spiro atoms. The summed E-state index contributed by atoms with van der Waals surface area (Å²) in [5.74, 6) is 3.05. The normalized spacial score (nSPS) is 11.4. The third-order valence-corrected chi connectivity index (χ3v) is 3.42. The van der Waals surface area contributed by atoms with Crippen molar-refractivity contribution in [2.75, 3.05) is 13.7 Å². The van der Waals surface area contributed by atoms with Crippen LogP contribution in [0.3, 0.4) is 0 Å². The molecule has 6 nitrogen and oxygen atoms in total. The smallest absolute Gasteiger partial charge is 0.214 e. The van der Waals surface area contributed by atoms with Gasteiger partial charge >= 0.3 is 0 Å². The zero-order valence-corrected chi connectivity index (χ0v) is 14.1. The molecule has 0 saturated carbocycles. The minimum Gasteiger partial charge on any atom is -0.496 e. The van der Waals surface area contributed by atoms with Crippen molar-refractivity contribution < 1.29 is 9.15 Å². The van der Waals surface area contributed by atoms with Crippen molar-refractivity contribution in [2.24, 2.45) is 4.99 Å². The molecule has 2 rings (SSSR count). The molecule has 6 heteroatoms. The Kier molecular flexibility index (Phi) is 6.02. The van der Waals surface area contributed by atoms with E-state index in [2.05, 4.69) is 20.6 Å². The van der Waals surface area contributed by atoms with Gasteiger partial charge in [0, 0.05) is 12.1 Å². The minimum atomic E-state index is 0.492. The van der Waals surface area contributed by atoms with Crippen molar-refractivity contribution in [3.8, 4) is 5.75 Å². The maximum atomic E-state index is 5.57. The van der Waals surface area contributed by atoms with E-state index in [1.807, 2.05) is 45.0 Å². The molecule has 0 radical (unpaired) electrons. The Labute approximate surface area is 137 Å². The van der Waals surface area contributed by atoms with Crippen molar-refractivity contribution in [3.05, 3.63) is 47.2 Å². The summed E-state index contributed by atoms with van der Waals surface area (Å²) in [7, 11) is 1.67. The van der Waals surface area contributed by atoms with Crippen LogP contribution in [0.1, 0.15) is 29.8 Å². The summed E-state index contributed by atoms with van der Waals surface area (Å²) in [4.78, 5) is 8.94. The Morgan fingerprint density at radius 3 is 2.70 bits per heavy atom. The van der Waals surface area contributed by atoms with Crippen molar-refractivity contribution in [1.82, 2.24) is 15.6 Å². The number of aryl methyl sites for hydroxylation is 2. The standard InChI is InChI=1S/C17H24N4O2/c1-5-18-17(20-11-16-21-12(2)13(3)23-16)19-10-14-8-6-7-9-15(14)22-4/h6-9H,5,10-11H2,1-4H3,(H2,18,19,20). The van der Waals surface area contributed by atoms with E-state index in [1.165, 1.54) is 0 Å². The Morgan fingerprint density at radius 2 is 2.04 bits per heavy atom. The summed E-state index contributed by atoms with van der Waals surface area (Å²) in [6.07, 6.45) is 0. The number of benzene rings is 1. The first-order chi connectivity index (χ1) is 11.1. The fourth-order valence-electron chi connectivity index (χ4n) is 2.11. The highest BCUT2D eigenvalue weighted by Crippen LogP contribution is 2.17. The van der Waals surface area contributed by atoms with Gasteiger partial charge in [0.1, 0.15) is 11.5 Å². The van der Waals surface area contributed by atoms with E-state index in [0.717, 1.165) is 29.3 Å². The molecule has 0 saturated heterocycles. The summed E-state index contributed by atoms with van der Waals surface area (Å²) < 4.78 is 10.9. The maximum Gasteiger partial charge on any atom is 0.214 e. The largest absolute Gasteiger partial charge is 0.496 e. The molecule has 1 aromatic carbocycles. The lowest BCUT2D eigenvalue weighted by Gasteiger charge is -2.11. The van der Waals surface area contributed by atoms with Crippen molar-refractivity contribution >= 4 is 5.96 Å². The molecule has 0 aliphatic rings. The summed E-state index contributed by atoms with van der Waals surface area (Å²) in [5.41, 5.74) is 1.95.